The Labute approximate surface area is 169 Å². The minimum atomic E-state index is -0.246. The van der Waals surface area contributed by atoms with Gasteiger partial charge in [0, 0.05) is 23.7 Å². The molecule has 5 rings (SSSR count). The fraction of sp³-hybridized carbons (Fsp3) is 0.0909. The lowest BCUT2D eigenvalue weighted by Gasteiger charge is -2.17. The third-order valence-corrected chi connectivity index (χ3v) is 5.97. The van der Waals surface area contributed by atoms with Crippen molar-refractivity contribution in [1.29, 1.82) is 0 Å². The van der Waals surface area contributed by atoms with Crippen LogP contribution >= 0.6 is 11.3 Å². The molecule has 7 heteroatoms. The average Bonchev–Trinajstić information content (AvgIpc) is 3.31. The topological polar surface area (TPSA) is 83.1 Å². The molecule has 0 saturated carbocycles. The molecule has 29 heavy (non-hydrogen) atoms. The van der Waals surface area contributed by atoms with Crippen LogP contribution in [0.5, 0.6) is 0 Å². The van der Waals surface area contributed by atoms with E-state index in [1.807, 2.05) is 29.6 Å². The molecule has 0 radical (unpaired) electrons. The molecule has 2 aromatic heterocycles. The molecule has 1 amide bonds. The van der Waals surface area contributed by atoms with Crippen molar-refractivity contribution in [2.75, 3.05) is 7.05 Å². The first-order valence-corrected chi connectivity index (χ1v) is 9.91. The number of aromatic amines is 1. The van der Waals surface area contributed by atoms with Crippen molar-refractivity contribution in [3.8, 4) is 11.1 Å². The second-order valence-electron chi connectivity index (χ2n) is 6.94. The first-order chi connectivity index (χ1) is 14.0. The van der Waals surface area contributed by atoms with Gasteiger partial charge in [0.05, 0.1) is 12.1 Å². The second-order valence-corrected chi connectivity index (χ2v) is 7.86. The van der Waals surface area contributed by atoms with Crippen LogP contribution in [0.4, 0.5) is 0 Å². The van der Waals surface area contributed by atoms with Gasteiger partial charge in [-0.2, -0.15) is 0 Å². The summed E-state index contributed by atoms with van der Waals surface area (Å²) in [4.78, 5) is 46.4. The van der Waals surface area contributed by atoms with Crippen LogP contribution in [0.1, 0.15) is 32.1 Å². The highest BCUT2D eigenvalue weighted by molar-refractivity contribution is 7.17. The van der Waals surface area contributed by atoms with E-state index in [1.165, 1.54) is 16.2 Å². The van der Waals surface area contributed by atoms with Gasteiger partial charge in [0.25, 0.3) is 11.5 Å². The van der Waals surface area contributed by atoms with Crippen molar-refractivity contribution in [3.63, 3.8) is 0 Å². The van der Waals surface area contributed by atoms with Crippen molar-refractivity contribution in [1.82, 2.24) is 14.9 Å². The number of nitrogens with zero attached hydrogens (tertiary/aromatic N) is 2. The van der Waals surface area contributed by atoms with Gasteiger partial charge >= 0.3 is 0 Å². The van der Waals surface area contributed by atoms with Gasteiger partial charge in [-0.3, -0.25) is 14.4 Å². The Morgan fingerprint density at radius 2 is 1.79 bits per heavy atom. The third kappa shape index (κ3) is 2.78. The van der Waals surface area contributed by atoms with E-state index in [2.05, 4.69) is 9.97 Å². The smallest absolute Gasteiger partial charge is 0.268 e. The molecule has 1 N–H and O–H groups in total. The summed E-state index contributed by atoms with van der Waals surface area (Å²) in [5, 5.41) is 1.81. The van der Waals surface area contributed by atoms with Crippen LogP contribution in [0, 0.1) is 0 Å². The van der Waals surface area contributed by atoms with E-state index in [0.29, 0.717) is 32.7 Å². The number of H-pyrrole nitrogens is 1. The molecule has 1 aliphatic carbocycles. The zero-order valence-electron chi connectivity index (χ0n) is 15.4. The largest absolute Gasteiger partial charge is 0.334 e. The maximum atomic E-state index is 12.9. The van der Waals surface area contributed by atoms with Crippen molar-refractivity contribution in [2.24, 2.45) is 0 Å². The lowest BCUT2D eigenvalue weighted by molar-refractivity contribution is 0.0781. The molecule has 0 fully saturated rings. The maximum absolute atomic E-state index is 12.9. The molecular formula is C22H15N3O3S. The normalized spacial score (nSPS) is 12.1. The first-order valence-electron chi connectivity index (χ1n) is 9.03. The van der Waals surface area contributed by atoms with E-state index in [1.54, 1.807) is 31.3 Å². The van der Waals surface area contributed by atoms with Gasteiger partial charge in [0.2, 0.25) is 0 Å². The maximum Gasteiger partial charge on any atom is 0.268 e. The molecule has 4 aromatic rings. The van der Waals surface area contributed by atoms with E-state index < -0.39 is 0 Å². The average molecular weight is 401 g/mol. The monoisotopic (exact) mass is 401 g/mol. The SMILES string of the molecule is CN(Cc1nc2ccsc2c(=O)[nH]1)C(=O)c1ccc2c(c1)C(=O)c1ccccc1-2. The number of nitrogens with one attached hydrogen (secondary N) is 1. The highest BCUT2D eigenvalue weighted by atomic mass is 32.1. The van der Waals surface area contributed by atoms with E-state index >= 15 is 0 Å². The highest BCUT2D eigenvalue weighted by Gasteiger charge is 2.27. The van der Waals surface area contributed by atoms with Crippen LogP contribution < -0.4 is 5.56 Å². The molecule has 0 unspecified atom stereocenters. The number of aromatic nitrogens is 2. The molecule has 142 valence electrons. The van der Waals surface area contributed by atoms with E-state index in [-0.39, 0.29) is 23.8 Å². The molecule has 2 aromatic carbocycles. The summed E-state index contributed by atoms with van der Waals surface area (Å²) in [6.45, 7) is 0.158. The zero-order chi connectivity index (χ0) is 20.1. The van der Waals surface area contributed by atoms with E-state index in [0.717, 1.165) is 11.1 Å². The van der Waals surface area contributed by atoms with E-state index in [4.69, 9.17) is 0 Å². The van der Waals surface area contributed by atoms with Crippen LogP contribution in [0.3, 0.4) is 0 Å². The summed E-state index contributed by atoms with van der Waals surface area (Å²) in [5.74, 6) is 0.104. The number of carbonyl (C=O) groups is 2. The molecule has 0 atom stereocenters. The van der Waals surface area contributed by atoms with Gasteiger partial charge in [-0.05, 0) is 34.7 Å². The first kappa shape index (κ1) is 17.5. The number of amides is 1. The number of fused-ring (bicyclic) bond motifs is 4. The lowest BCUT2D eigenvalue weighted by atomic mass is 10.0. The summed E-state index contributed by atoms with van der Waals surface area (Å²) in [6.07, 6.45) is 0. The van der Waals surface area contributed by atoms with Crippen LogP contribution in [-0.4, -0.2) is 33.6 Å². The quantitative estimate of drug-likeness (QED) is 0.502. The lowest BCUT2D eigenvalue weighted by Crippen LogP contribution is -2.28. The van der Waals surface area contributed by atoms with Crippen molar-refractivity contribution < 1.29 is 9.59 Å². The van der Waals surface area contributed by atoms with Crippen molar-refractivity contribution in [2.45, 2.75) is 6.54 Å². The predicted molar refractivity (Wildman–Crippen MR) is 111 cm³/mol. The molecule has 0 bridgehead atoms. The Kier molecular flexibility index (Phi) is 3.92. The summed E-state index contributed by atoms with van der Waals surface area (Å²) >= 11 is 1.33. The number of hydrogen-bond acceptors (Lipinski definition) is 5. The molecule has 0 aliphatic heterocycles. The molecule has 1 aliphatic rings. The Balaban J connectivity index is 1.43. The van der Waals surface area contributed by atoms with Crippen LogP contribution in [0.2, 0.25) is 0 Å². The summed E-state index contributed by atoms with van der Waals surface area (Å²) < 4.78 is 0.569. The minimum Gasteiger partial charge on any atom is -0.334 e. The van der Waals surface area contributed by atoms with Crippen molar-refractivity contribution in [3.05, 3.63) is 86.8 Å². The number of thiophene rings is 1. The molecule has 2 heterocycles. The van der Waals surface area contributed by atoms with Crippen LogP contribution in [0.25, 0.3) is 21.3 Å². The van der Waals surface area contributed by atoms with Gasteiger partial charge in [-0.15, -0.1) is 11.3 Å². The molecule has 0 saturated heterocycles. The number of benzene rings is 2. The predicted octanol–water partition coefficient (Wildman–Crippen LogP) is 3.47. The van der Waals surface area contributed by atoms with Crippen LogP contribution in [-0.2, 0) is 6.54 Å². The Morgan fingerprint density at radius 3 is 2.62 bits per heavy atom. The fourth-order valence-electron chi connectivity index (χ4n) is 3.67. The standard InChI is InChI=1S/C22H15N3O3S/c1-25(11-18-23-17-8-9-29-20(17)21(27)24-18)22(28)12-6-7-14-13-4-2-3-5-15(13)19(26)16(14)10-12/h2-10H,11H2,1H3,(H,23,24,27). The third-order valence-electron chi connectivity index (χ3n) is 5.07. The summed E-state index contributed by atoms with van der Waals surface area (Å²) in [5.41, 5.74) is 3.77. The number of rotatable bonds is 3. The fourth-order valence-corrected chi connectivity index (χ4v) is 4.40. The summed E-state index contributed by atoms with van der Waals surface area (Å²) in [7, 11) is 1.64. The summed E-state index contributed by atoms with van der Waals surface area (Å²) in [6, 6.07) is 14.4. The Bertz CT molecular complexity index is 1370. The van der Waals surface area contributed by atoms with Gasteiger partial charge in [-0.25, -0.2) is 4.98 Å². The van der Waals surface area contributed by atoms with Crippen molar-refractivity contribution >= 4 is 33.2 Å². The van der Waals surface area contributed by atoms with Gasteiger partial charge in [0.1, 0.15) is 10.5 Å². The molecule has 0 spiro atoms. The number of carbonyl (C=O) groups excluding carboxylic acids is 2. The number of hydrogen-bond donors (Lipinski definition) is 1. The minimum absolute atomic E-state index is 0.0678. The molecule has 6 nitrogen and oxygen atoms in total. The van der Waals surface area contributed by atoms with Gasteiger partial charge < -0.3 is 9.88 Å². The van der Waals surface area contributed by atoms with Gasteiger partial charge in [-0.1, -0.05) is 30.3 Å². The van der Waals surface area contributed by atoms with Gasteiger partial charge in [0.15, 0.2) is 5.78 Å². The van der Waals surface area contributed by atoms with E-state index in [9.17, 15) is 14.4 Å². The second kappa shape index (κ2) is 6.49. The Hall–Kier alpha value is -3.58. The van der Waals surface area contributed by atoms with Crippen LogP contribution in [0.15, 0.2) is 58.7 Å². The zero-order valence-corrected chi connectivity index (χ0v) is 16.2. The Morgan fingerprint density at radius 1 is 1.03 bits per heavy atom. The highest BCUT2D eigenvalue weighted by Crippen LogP contribution is 2.36. The molecular weight excluding hydrogens is 386 g/mol. The number of ketones is 1.